The quantitative estimate of drug-likeness (QED) is 0.179. The van der Waals surface area contributed by atoms with Crippen molar-refractivity contribution in [2.75, 3.05) is 0 Å². The van der Waals surface area contributed by atoms with Crippen LogP contribution < -0.4 is 0 Å². The van der Waals surface area contributed by atoms with Gasteiger partial charge in [0.2, 0.25) is 0 Å². The van der Waals surface area contributed by atoms with Gasteiger partial charge in [-0.25, -0.2) is 0 Å². The monoisotopic (exact) mass is 671 g/mol. The van der Waals surface area contributed by atoms with Crippen molar-refractivity contribution in [3.63, 3.8) is 0 Å². The van der Waals surface area contributed by atoms with Gasteiger partial charge in [0.1, 0.15) is 11.2 Å². The minimum Gasteiger partial charge on any atom is -0.456 e. The zero-order chi connectivity index (χ0) is 33.3. The standard InChI is InChI=1S/C48H33NOS/c1-8-22-48(23-9-1)40-13-5-2-10-32(40)36-28-47-39(27-41(36)48)38-24-29(17-21-46(38)51-47)30-16-19-34-33-11-3-6-14-42(33)49(43(34)25-30)31-18-20-45-37(26-31)35-12-4-7-15-44(35)50-45/h2-7,10-21,24-28H,1,8-9,22-23H2. The van der Waals surface area contributed by atoms with Gasteiger partial charge in [0.05, 0.1) is 11.0 Å². The van der Waals surface area contributed by atoms with Gasteiger partial charge in [-0.05, 0) is 107 Å². The van der Waals surface area contributed by atoms with Crippen LogP contribution >= 0.6 is 11.3 Å². The molecule has 2 nitrogen and oxygen atoms in total. The molecule has 3 heteroatoms. The van der Waals surface area contributed by atoms with E-state index in [0.717, 1.165) is 27.6 Å². The molecule has 0 bridgehead atoms. The Morgan fingerprint density at radius 3 is 2.16 bits per heavy atom. The number of benzene rings is 7. The third kappa shape index (κ3) is 3.82. The van der Waals surface area contributed by atoms with Crippen LogP contribution in [0.3, 0.4) is 0 Å². The number of hydrogen-bond acceptors (Lipinski definition) is 2. The minimum absolute atomic E-state index is 0.161. The summed E-state index contributed by atoms with van der Waals surface area (Å²) in [6, 6.07) is 52.2. The van der Waals surface area contributed by atoms with E-state index in [1.165, 1.54) is 96.3 Å². The van der Waals surface area contributed by atoms with E-state index in [0.29, 0.717) is 0 Å². The third-order valence-electron chi connectivity index (χ3n) is 12.2. The van der Waals surface area contributed by atoms with Crippen molar-refractivity contribution in [3.05, 3.63) is 151 Å². The van der Waals surface area contributed by atoms with Crippen molar-refractivity contribution in [1.29, 1.82) is 0 Å². The Morgan fingerprint density at radius 2 is 1.22 bits per heavy atom. The first kappa shape index (κ1) is 28.1. The number of fused-ring (bicyclic) bond motifs is 14. The van der Waals surface area contributed by atoms with E-state index in [4.69, 9.17) is 4.42 Å². The van der Waals surface area contributed by atoms with Crippen molar-refractivity contribution < 1.29 is 4.42 Å². The molecule has 0 amide bonds. The topological polar surface area (TPSA) is 18.1 Å². The molecule has 10 aromatic rings. The fourth-order valence-electron chi connectivity index (χ4n) is 9.88. The Balaban J connectivity index is 1.05. The van der Waals surface area contributed by atoms with Crippen LogP contribution in [-0.4, -0.2) is 4.57 Å². The molecule has 3 aromatic heterocycles. The second-order valence-electron chi connectivity index (χ2n) is 14.8. The van der Waals surface area contributed by atoms with Gasteiger partial charge in [-0.15, -0.1) is 11.3 Å². The summed E-state index contributed by atoms with van der Waals surface area (Å²) in [7, 11) is 0. The molecule has 0 aliphatic heterocycles. The Morgan fingerprint density at radius 1 is 0.471 bits per heavy atom. The predicted octanol–water partition coefficient (Wildman–Crippen LogP) is 13.9. The molecule has 1 spiro atoms. The maximum atomic E-state index is 6.20. The molecule has 12 rings (SSSR count). The van der Waals surface area contributed by atoms with Gasteiger partial charge < -0.3 is 8.98 Å². The summed E-state index contributed by atoms with van der Waals surface area (Å²) in [6.07, 6.45) is 6.49. The van der Waals surface area contributed by atoms with Gasteiger partial charge in [0, 0.05) is 52.8 Å². The molecular weight excluding hydrogens is 639 g/mol. The predicted molar refractivity (Wildman–Crippen MR) is 216 cm³/mol. The van der Waals surface area contributed by atoms with E-state index < -0.39 is 0 Å². The normalized spacial score (nSPS) is 15.2. The van der Waals surface area contributed by atoms with Gasteiger partial charge >= 0.3 is 0 Å². The molecule has 51 heavy (non-hydrogen) atoms. The molecule has 7 aromatic carbocycles. The van der Waals surface area contributed by atoms with E-state index in [9.17, 15) is 0 Å². The van der Waals surface area contributed by atoms with Gasteiger partial charge in [-0.3, -0.25) is 0 Å². The van der Waals surface area contributed by atoms with Crippen molar-refractivity contribution in [3.8, 4) is 27.9 Å². The summed E-state index contributed by atoms with van der Waals surface area (Å²) in [4.78, 5) is 0. The lowest BCUT2D eigenvalue weighted by atomic mass is 9.68. The van der Waals surface area contributed by atoms with Gasteiger partial charge in [0.15, 0.2) is 0 Å². The first-order chi connectivity index (χ1) is 25.2. The first-order valence-electron chi connectivity index (χ1n) is 18.3. The SMILES string of the molecule is c1ccc2c(c1)-c1cc3sc4ccc(-c5ccc6c7ccccc7n(-c7ccc8oc9ccccc9c8c7)c6c5)cc4c3cc1C21CCCCC1. The van der Waals surface area contributed by atoms with Crippen LogP contribution in [0.5, 0.6) is 0 Å². The van der Waals surface area contributed by atoms with Crippen LogP contribution in [0.1, 0.15) is 43.2 Å². The molecule has 1 fully saturated rings. The summed E-state index contributed by atoms with van der Waals surface area (Å²) in [5.74, 6) is 0. The highest BCUT2D eigenvalue weighted by Gasteiger charge is 2.43. The Hall–Kier alpha value is -5.64. The van der Waals surface area contributed by atoms with Crippen LogP contribution in [0, 0.1) is 0 Å². The number of hydrogen-bond donors (Lipinski definition) is 0. The van der Waals surface area contributed by atoms with Crippen LogP contribution in [0.4, 0.5) is 0 Å². The average Bonchev–Trinajstić information content (AvgIpc) is 3.91. The summed E-state index contributed by atoms with van der Waals surface area (Å²) < 4.78 is 11.4. The maximum absolute atomic E-state index is 6.20. The molecule has 0 N–H and O–H groups in total. The summed E-state index contributed by atoms with van der Waals surface area (Å²) in [5, 5.41) is 7.60. The molecule has 2 aliphatic carbocycles. The number of thiophene rings is 1. The average molecular weight is 672 g/mol. The fourth-order valence-corrected chi connectivity index (χ4v) is 11.0. The van der Waals surface area contributed by atoms with Crippen molar-refractivity contribution >= 4 is 75.3 Å². The van der Waals surface area contributed by atoms with Crippen LogP contribution in [0.2, 0.25) is 0 Å². The van der Waals surface area contributed by atoms with E-state index in [-0.39, 0.29) is 5.41 Å². The largest absolute Gasteiger partial charge is 0.456 e. The summed E-state index contributed by atoms with van der Waals surface area (Å²) in [5.41, 5.74) is 14.1. The molecule has 0 atom stereocenters. The molecule has 0 radical (unpaired) electrons. The molecule has 0 unspecified atom stereocenters. The lowest BCUT2D eigenvalue weighted by Gasteiger charge is -2.36. The van der Waals surface area contributed by atoms with Gasteiger partial charge in [-0.1, -0.05) is 98.1 Å². The molecule has 3 heterocycles. The molecule has 0 saturated heterocycles. The van der Waals surface area contributed by atoms with Gasteiger partial charge in [0.25, 0.3) is 0 Å². The Bertz CT molecular complexity index is 3070. The van der Waals surface area contributed by atoms with E-state index in [2.05, 4.69) is 138 Å². The first-order valence-corrected chi connectivity index (χ1v) is 19.1. The Labute approximate surface area is 299 Å². The third-order valence-corrected chi connectivity index (χ3v) is 13.3. The second kappa shape index (κ2) is 10.2. The molecule has 242 valence electrons. The van der Waals surface area contributed by atoms with E-state index in [1.54, 1.807) is 11.1 Å². The highest BCUT2D eigenvalue weighted by molar-refractivity contribution is 7.25. The number of nitrogens with zero attached hydrogens (tertiary/aromatic N) is 1. The lowest BCUT2D eigenvalue weighted by molar-refractivity contribution is 0.353. The number of aromatic nitrogens is 1. The fraction of sp³-hybridized carbons (Fsp3) is 0.125. The summed E-state index contributed by atoms with van der Waals surface area (Å²) in [6.45, 7) is 0. The summed E-state index contributed by atoms with van der Waals surface area (Å²) >= 11 is 1.94. The van der Waals surface area contributed by atoms with Crippen LogP contribution in [0.25, 0.3) is 91.9 Å². The molecule has 1 saturated carbocycles. The smallest absolute Gasteiger partial charge is 0.135 e. The highest BCUT2D eigenvalue weighted by Crippen LogP contribution is 2.57. The zero-order valence-corrected chi connectivity index (χ0v) is 28.9. The number of para-hydroxylation sites is 2. The lowest BCUT2D eigenvalue weighted by Crippen LogP contribution is -2.27. The molecular formula is C48H33NOS. The minimum atomic E-state index is 0.161. The number of rotatable bonds is 2. The van der Waals surface area contributed by atoms with Crippen molar-refractivity contribution in [2.24, 2.45) is 0 Å². The maximum Gasteiger partial charge on any atom is 0.135 e. The van der Waals surface area contributed by atoms with E-state index in [1.807, 2.05) is 17.4 Å². The highest BCUT2D eigenvalue weighted by atomic mass is 32.1. The van der Waals surface area contributed by atoms with Crippen LogP contribution in [0.15, 0.2) is 144 Å². The van der Waals surface area contributed by atoms with Gasteiger partial charge in [-0.2, -0.15) is 0 Å². The zero-order valence-electron chi connectivity index (χ0n) is 28.1. The van der Waals surface area contributed by atoms with E-state index >= 15 is 0 Å². The number of furan rings is 1. The van der Waals surface area contributed by atoms with Crippen molar-refractivity contribution in [1.82, 2.24) is 4.57 Å². The van der Waals surface area contributed by atoms with Crippen molar-refractivity contribution in [2.45, 2.75) is 37.5 Å². The second-order valence-corrected chi connectivity index (χ2v) is 15.8. The van der Waals surface area contributed by atoms with Crippen LogP contribution in [-0.2, 0) is 5.41 Å². The Kier molecular flexibility index (Phi) is 5.63. The molecule has 2 aliphatic rings.